The smallest absolute Gasteiger partial charge is 0.373 e. The predicted molar refractivity (Wildman–Crippen MR) is 73.7 cm³/mol. The molecule has 0 aliphatic carbocycles. The molecule has 0 bridgehead atoms. The van der Waals surface area contributed by atoms with E-state index >= 15 is 0 Å². The van der Waals surface area contributed by atoms with Crippen molar-refractivity contribution in [2.45, 2.75) is 6.10 Å². The first-order valence-corrected chi connectivity index (χ1v) is 6.19. The Morgan fingerprint density at radius 2 is 1.71 bits per heavy atom. The highest BCUT2D eigenvalue weighted by Crippen LogP contribution is 2.37. The predicted octanol–water partition coefficient (Wildman–Crippen LogP) is 2.17. The van der Waals surface area contributed by atoms with Gasteiger partial charge < -0.3 is 23.7 Å². The lowest BCUT2D eigenvalue weighted by molar-refractivity contribution is 0.0558. The third-order valence-corrected chi connectivity index (χ3v) is 3.02. The zero-order valence-corrected chi connectivity index (χ0v) is 12.0. The number of methoxy groups -OCH3 is 3. The minimum atomic E-state index is -1.13. The first kappa shape index (κ1) is 14.9. The van der Waals surface area contributed by atoms with Crippen LogP contribution in [0, 0.1) is 0 Å². The summed E-state index contributed by atoms with van der Waals surface area (Å²) < 4.78 is 20.3. The monoisotopic (exact) mass is 292 g/mol. The summed E-state index contributed by atoms with van der Waals surface area (Å²) in [6, 6.07) is 8.08. The maximum atomic E-state index is 11.4. The van der Waals surface area contributed by atoms with Crippen LogP contribution in [0.4, 0.5) is 0 Å². The van der Waals surface area contributed by atoms with Gasteiger partial charge in [0.15, 0.2) is 0 Å². The third-order valence-electron chi connectivity index (χ3n) is 3.02. The number of rotatable bonds is 5. The summed E-state index contributed by atoms with van der Waals surface area (Å²) in [5.41, 5.74) is 0.424. The van der Waals surface area contributed by atoms with Crippen molar-refractivity contribution in [1.82, 2.24) is 0 Å². The van der Waals surface area contributed by atoms with E-state index in [-0.39, 0.29) is 11.5 Å². The highest BCUT2D eigenvalue weighted by molar-refractivity contribution is 5.86. The Morgan fingerprint density at radius 3 is 2.24 bits per heavy atom. The number of esters is 1. The van der Waals surface area contributed by atoms with Crippen LogP contribution in [0.15, 0.2) is 34.7 Å². The second kappa shape index (κ2) is 6.32. The van der Waals surface area contributed by atoms with E-state index in [9.17, 15) is 9.90 Å². The Morgan fingerprint density at radius 1 is 1.10 bits per heavy atom. The molecule has 1 aromatic heterocycles. The van der Waals surface area contributed by atoms with Crippen molar-refractivity contribution in [3.8, 4) is 11.5 Å². The molecular weight excluding hydrogens is 276 g/mol. The largest absolute Gasteiger partial charge is 0.496 e. The zero-order valence-electron chi connectivity index (χ0n) is 12.0. The molecule has 21 heavy (non-hydrogen) atoms. The molecule has 0 radical (unpaired) electrons. The van der Waals surface area contributed by atoms with Crippen molar-refractivity contribution in [3.63, 3.8) is 0 Å². The average molecular weight is 292 g/mol. The molecule has 1 atom stereocenters. The fraction of sp³-hybridized carbons (Fsp3) is 0.267. The summed E-state index contributed by atoms with van der Waals surface area (Å²) in [7, 11) is 4.24. The molecule has 1 heterocycles. The molecule has 1 unspecified atom stereocenters. The van der Waals surface area contributed by atoms with Gasteiger partial charge in [0.05, 0.1) is 26.9 Å². The lowest BCUT2D eigenvalue weighted by Gasteiger charge is -2.16. The van der Waals surface area contributed by atoms with Crippen LogP contribution in [0.2, 0.25) is 0 Å². The summed E-state index contributed by atoms with van der Waals surface area (Å²) in [6.07, 6.45) is -1.13. The van der Waals surface area contributed by atoms with Crippen LogP contribution in [0.1, 0.15) is 28.0 Å². The van der Waals surface area contributed by atoms with Crippen molar-refractivity contribution in [3.05, 3.63) is 47.4 Å². The van der Waals surface area contributed by atoms with Crippen LogP contribution in [0.25, 0.3) is 0 Å². The molecule has 0 fully saturated rings. The lowest BCUT2D eigenvalue weighted by atomic mass is 10.0. The van der Waals surface area contributed by atoms with Crippen molar-refractivity contribution in [1.29, 1.82) is 0 Å². The molecule has 0 saturated carbocycles. The third kappa shape index (κ3) is 2.85. The number of ether oxygens (including phenoxy) is 3. The van der Waals surface area contributed by atoms with E-state index in [0.29, 0.717) is 17.1 Å². The lowest BCUT2D eigenvalue weighted by Crippen LogP contribution is -2.04. The summed E-state index contributed by atoms with van der Waals surface area (Å²) in [5.74, 6) is 0.509. The second-order valence-corrected chi connectivity index (χ2v) is 4.17. The van der Waals surface area contributed by atoms with E-state index in [2.05, 4.69) is 4.74 Å². The molecule has 0 saturated heterocycles. The molecule has 0 aliphatic heterocycles. The summed E-state index contributed by atoms with van der Waals surface area (Å²) in [4.78, 5) is 11.4. The number of furan rings is 1. The van der Waals surface area contributed by atoms with Gasteiger partial charge in [0, 0.05) is 0 Å². The Hall–Kier alpha value is -2.47. The molecule has 2 aromatic rings. The van der Waals surface area contributed by atoms with Gasteiger partial charge in [-0.25, -0.2) is 4.79 Å². The number of aliphatic hydroxyl groups excluding tert-OH is 1. The molecule has 6 heteroatoms. The van der Waals surface area contributed by atoms with Crippen molar-refractivity contribution >= 4 is 5.97 Å². The van der Waals surface area contributed by atoms with Crippen LogP contribution >= 0.6 is 0 Å². The molecule has 0 spiro atoms. The number of aliphatic hydroxyl groups is 1. The van der Waals surface area contributed by atoms with Gasteiger partial charge >= 0.3 is 5.97 Å². The van der Waals surface area contributed by atoms with Gasteiger partial charge in [0.2, 0.25) is 5.76 Å². The Bertz CT molecular complexity index is 609. The molecule has 0 aliphatic rings. The summed E-state index contributed by atoms with van der Waals surface area (Å²) >= 11 is 0. The van der Waals surface area contributed by atoms with E-state index in [0.717, 1.165) is 0 Å². The SMILES string of the molecule is COC(=O)c1ccc(C(O)c2c(OC)cccc2OC)o1. The Kier molecular flexibility index (Phi) is 4.49. The fourth-order valence-corrected chi connectivity index (χ4v) is 2.00. The van der Waals surface area contributed by atoms with Gasteiger partial charge in [-0.1, -0.05) is 6.07 Å². The van der Waals surface area contributed by atoms with Crippen LogP contribution < -0.4 is 9.47 Å². The van der Waals surface area contributed by atoms with Gasteiger partial charge in [-0.15, -0.1) is 0 Å². The molecular formula is C15H16O6. The van der Waals surface area contributed by atoms with Gasteiger partial charge in [-0.2, -0.15) is 0 Å². The Labute approximate surface area is 121 Å². The standard InChI is InChI=1S/C15H16O6/c1-18-9-5-4-6-10(19-2)13(9)14(16)11-7-8-12(21-11)15(17)20-3/h4-8,14,16H,1-3H3. The average Bonchev–Trinajstić information content (AvgIpc) is 3.02. The van der Waals surface area contributed by atoms with Crippen LogP contribution in [-0.4, -0.2) is 32.4 Å². The molecule has 112 valence electrons. The van der Waals surface area contributed by atoms with Crippen LogP contribution in [-0.2, 0) is 4.74 Å². The number of benzene rings is 1. The van der Waals surface area contributed by atoms with E-state index in [1.807, 2.05) is 0 Å². The summed E-state index contributed by atoms with van der Waals surface area (Å²) in [5, 5.41) is 10.5. The van der Waals surface area contributed by atoms with Crippen LogP contribution in [0.3, 0.4) is 0 Å². The van der Waals surface area contributed by atoms with Gasteiger partial charge in [-0.3, -0.25) is 0 Å². The first-order valence-electron chi connectivity index (χ1n) is 6.19. The van der Waals surface area contributed by atoms with Crippen molar-refractivity contribution < 1.29 is 28.5 Å². The first-order chi connectivity index (χ1) is 10.1. The minimum absolute atomic E-state index is 0.0143. The molecule has 1 N–H and O–H groups in total. The topological polar surface area (TPSA) is 78.1 Å². The van der Waals surface area contributed by atoms with Gasteiger partial charge in [0.25, 0.3) is 0 Å². The molecule has 2 rings (SSSR count). The minimum Gasteiger partial charge on any atom is -0.496 e. The van der Waals surface area contributed by atoms with Gasteiger partial charge in [0.1, 0.15) is 23.4 Å². The molecule has 6 nitrogen and oxygen atoms in total. The maximum absolute atomic E-state index is 11.4. The fourth-order valence-electron chi connectivity index (χ4n) is 2.00. The highest BCUT2D eigenvalue weighted by Gasteiger charge is 2.24. The van der Waals surface area contributed by atoms with Crippen molar-refractivity contribution in [2.75, 3.05) is 21.3 Å². The summed E-state index contributed by atoms with van der Waals surface area (Å²) in [6.45, 7) is 0. The van der Waals surface area contributed by atoms with E-state index < -0.39 is 12.1 Å². The number of hydrogen-bond donors (Lipinski definition) is 1. The second-order valence-electron chi connectivity index (χ2n) is 4.17. The maximum Gasteiger partial charge on any atom is 0.373 e. The van der Waals surface area contributed by atoms with Crippen molar-refractivity contribution in [2.24, 2.45) is 0 Å². The number of hydrogen-bond acceptors (Lipinski definition) is 6. The van der Waals surface area contributed by atoms with E-state index in [1.165, 1.54) is 33.5 Å². The normalized spacial score (nSPS) is 11.8. The molecule has 0 amide bonds. The van der Waals surface area contributed by atoms with Gasteiger partial charge in [-0.05, 0) is 24.3 Å². The quantitative estimate of drug-likeness (QED) is 0.851. The number of carbonyl (C=O) groups is 1. The Balaban J connectivity index is 2.42. The van der Waals surface area contributed by atoms with E-state index in [4.69, 9.17) is 13.9 Å². The highest BCUT2D eigenvalue weighted by atomic mass is 16.5. The molecule has 1 aromatic carbocycles. The van der Waals surface area contributed by atoms with E-state index in [1.54, 1.807) is 18.2 Å². The zero-order chi connectivity index (χ0) is 15.4. The van der Waals surface area contributed by atoms with Crippen LogP contribution in [0.5, 0.6) is 11.5 Å². The number of carbonyl (C=O) groups excluding carboxylic acids is 1.